The Kier molecular flexibility index (Phi) is 2.97. The summed E-state index contributed by atoms with van der Waals surface area (Å²) in [5, 5.41) is 13.2. The van der Waals surface area contributed by atoms with Crippen molar-refractivity contribution in [1.82, 2.24) is 5.32 Å². The molecule has 1 aliphatic heterocycles. The third-order valence-corrected chi connectivity index (χ3v) is 2.73. The van der Waals surface area contributed by atoms with Gasteiger partial charge >= 0.3 is 6.03 Å². The molecule has 1 atom stereocenters. The van der Waals surface area contributed by atoms with Gasteiger partial charge in [-0.25, -0.2) is 9.69 Å². The average molecular weight is 249 g/mol. The van der Waals surface area contributed by atoms with E-state index in [1.54, 1.807) is 6.92 Å². The molecule has 1 heterocycles. The quantitative estimate of drug-likeness (QED) is 0.498. The average Bonchev–Trinajstić information content (AvgIpc) is 2.64. The Labute approximate surface area is 103 Å². The number of hydrogen-bond donors (Lipinski definition) is 1. The third kappa shape index (κ3) is 1.90. The maximum absolute atomic E-state index is 11.9. The van der Waals surface area contributed by atoms with Crippen LogP contribution in [-0.2, 0) is 4.79 Å². The van der Waals surface area contributed by atoms with Gasteiger partial charge in [0.05, 0.1) is 10.6 Å². The highest BCUT2D eigenvalue weighted by Crippen LogP contribution is 2.24. The normalized spacial score (nSPS) is 18.9. The Morgan fingerprint density at radius 2 is 2.17 bits per heavy atom. The summed E-state index contributed by atoms with van der Waals surface area (Å²) in [5.41, 5.74) is 0.0516. The molecule has 18 heavy (non-hydrogen) atoms. The molecule has 7 nitrogen and oxygen atoms in total. The number of rotatable bonds is 3. The highest BCUT2D eigenvalue weighted by molar-refractivity contribution is 6.21. The minimum Gasteiger partial charge on any atom is -0.325 e. The predicted octanol–water partition coefficient (Wildman–Crippen LogP) is 1.43. The first-order chi connectivity index (χ1) is 8.54. The first-order valence-corrected chi connectivity index (χ1v) is 5.43. The highest BCUT2D eigenvalue weighted by Gasteiger charge is 2.38. The molecule has 1 saturated heterocycles. The maximum atomic E-state index is 11.9. The molecule has 0 saturated carbocycles. The summed E-state index contributed by atoms with van der Waals surface area (Å²) in [7, 11) is 0. The topological polar surface area (TPSA) is 92.6 Å². The Morgan fingerprint density at radius 1 is 1.44 bits per heavy atom. The molecule has 3 amide bonds. The number of benzene rings is 1. The number of non-ortho nitro benzene ring substituents is 1. The molecule has 1 aromatic carbocycles. The smallest absolute Gasteiger partial charge is 0.325 e. The number of hydrogen-bond acceptors (Lipinski definition) is 4. The molecule has 0 bridgehead atoms. The summed E-state index contributed by atoms with van der Waals surface area (Å²) >= 11 is 0. The van der Waals surface area contributed by atoms with E-state index in [1.807, 2.05) is 0 Å². The second-order valence-electron chi connectivity index (χ2n) is 3.86. The fraction of sp³-hybridized carbons (Fsp3) is 0.273. The standard InChI is InChI=1S/C11H11N3O4/c1-2-9-10(15)13(11(16)12-9)7-4-3-5-8(6-7)14(17)18/h3-6,9H,2H2,1H3,(H,12,16). The monoisotopic (exact) mass is 249 g/mol. The van der Waals surface area contributed by atoms with E-state index in [2.05, 4.69) is 5.32 Å². The zero-order valence-corrected chi connectivity index (χ0v) is 9.62. The van der Waals surface area contributed by atoms with Gasteiger partial charge in [0, 0.05) is 12.1 Å². The Balaban J connectivity index is 2.37. The fourth-order valence-corrected chi connectivity index (χ4v) is 1.80. The molecule has 94 valence electrons. The summed E-state index contributed by atoms with van der Waals surface area (Å²) in [6.07, 6.45) is 0.482. The van der Waals surface area contributed by atoms with E-state index in [-0.39, 0.29) is 17.3 Å². The van der Waals surface area contributed by atoms with Crippen molar-refractivity contribution in [2.75, 3.05) is 4.90 Å². The number of anilines is 1. The van der Waals surface area contributed by atoms with E-state index in [9.17, 15) is 19.7 Å². The number of imide groups is 1. The van der Waals surface area contributed by atoms with Gasteiger partial charge in [-0.3, -0.25) is 14.9 Å². The Hall–Kier alpha value is -2.44. The van der Waals surface area contributed by atoms with Crippen molar-refractivity contribution < 1.29 is 14.5 Å². The number of carbonyl (C=O) groups excluding carboxylic acids is 2. The largest absolute Gasteiger partial charge is 0.329 e. The van der Waals surface area contributed by atoms with Gasteiger partial charge in [0.1, 0.15) is 6.04 Å². The molecule has 0 radical (unpaired) electrons. The van der Waals surface area contributed by atoms with Crippen molar-refractivity contribution in [3.63, 3.8) is 0 Å². The number of nitro groups is 1. The lowest BCUT2D eigenvalue weighted by molar-refractivity contribution is -0.384. The van der Waals surface area contributed by atoms with Crippen molar-refractivity contribution in [2.45, 2.75) is 19.4 Å². The van der Waals surface area contributed by atoms with Crippen LogP contribution in [0.15, 0.2) is 24.3 Å². The fourth-order valence-electron chi connectivity index (χ4n) is 1.80. The van der Waals surface area contributed by atoms with Crippen LogP contribution in [0.25, 0.3) is 0 Å². The van der Waals surface area contributed by atoms with Gasteiger partial charge in [0.25, 0.3) is 11.6 Å². The SMILES string of the molecule is CCC1NC(=O)N(c2cccc([N+](=O)[O-])c2)C1=O. The van der Waals surface area contributed by atoms with Crippen molar-refractivity contribution in [1.29, 1.82) is 0 Å². The van der Waals surface area contributed by atoms with E-state index in [1.165, 1.54) is 24.3 Å². The van der Waals surface area contributed by atoms with Gasteiger partial charge in [0.15, 0.2) is 0 Å². The van der Waals surface area contributed by atoms with Crippen molar-refractivity contribution in [3.8, 4) is 0 Å². The van der Waals surface area contributed by atoms with E-state index >= 15 is 0 Å². The lowest BCUT2D eigenvalue weighted by atomic mass is 10.2. The van der Waals surface area contributed by atoms with Crippen LogP contribution in [0.4, 0.5) is 16.2 Å². The van der Waals surface area contributed by atoms with Crippen molar-refractivity contribution >= 4 is 23.3 Å². The molecule has 0 aliphatic carbocycles. The first-order valence-electron chi connectivity index (χ1n) is 5.43. The molecule has 1 aliphatic rings. The number of nitrogens with zero attached hydrogens (tertiary/aromatic N) is 2. The van der Waals surface area contributed by atoms with Crippen LogP contribution in [0.1, 0.15) is 13.3 Å². The maximum Gasteiger partial charge on any atom is 0.329 e. The zero-order chi connectivity index (χ0) is 13.3. The van der Waals surface area contributed by atoms with Gasteiger partial charge in [-0.2, -0.15) is 0 Å². The summed E-state index contributed by atoms with van der Waals surface area (Å²) < 4.78 is 0. The van der Waals surface area contributed by atoms with Crippen molar-refractivity contribution in [2.24, 2.45) is 0 Å². The van der Waals surface area contributed by atoms with E-state index in [0.29, 0.717) is 6.42 Å². The van der Waals surface area contributed by atoms with Crippen molar-refractivity contribution in [3.05, 3.63) is 34.4 Å². The number of carbonyl (C=O) groups is 2. The summed E-state index contributed by atoms with van der Waals surface area (Å²) in [5.74, 6) is -0.386. The minimum atomic E-state index is -0.570. The minimum absolute atomic E-state index is 0.159. The second kappa shape index (κ2) is 4.44. The summed E-state index contributed by atoms with van der Waals surface area (Å²) in [4.78, 5) is 34.6. The number of nitro benzene ring substituents is 1. The van der Waals surface area contributed by atoms with Gasteiger partial charge in [-0.05, 0) is 12.5 Å². The summed E-state index contributed by atoms with van der Waals surface area (Å²) in [6, 6.07) is 4.33. The number of amides is 3. The first kappa shape index (κ1) is 12.0. The van der Waals surface area contributed by atoms with E-state index < -0.39 is 17.0 Å². The van der Waals surface area contributed by atoms with Crippen LogP contribution >= 0.6 is 0 Å². The lowest BCUT2D eigenvalue weighted by Gasteiger charge is -2.12. The number of urea groups is 1. The highest BCUT2D eigenvalue weighted by atomic mass is 16.6. The predicted molar refractivity (Wildman–Crippen MR) is 63.2 cm³/mol. The van der Waals surface area contributed by atoms with Gasteiger partial charge in [-0.15, -0.1) is 0 Å². The van der Waals surface area contributed by atoms with Gasteiger partial charge in [-0.1, -0.05) is 13.0 Å². The van der Waals surface area contributed by atoms with E-state index in [0.717, 1.165) is 4.90 Å². The second-order valence-corrected chi connectivity index (χ2v) is 3.86. The molecule has 0 aromatic heterocycles. The molecule has 7 heteroatoms. The van der Waals surface area contributed by atoms with Crippen LogP contribution in [-0.4, -0.2) is 22.9 Å². The van der Waals surface area contributed by atoms with Crippen LogP contribution in [0.5, 0.6) is 0 Å². The van der Waals surface area contributed by atoms with Crippen LogP contribution in [0.3, 0.4) is 0 Å². The molecule has 1 aromatic rings. The zero-order valence-electron chi connectivity index (χ0n) is 9.62. The molecule has 2 rings (SSSR count). The van der Waals surface area contributed by atoms with Gasteiger partial charge < -0.3 is 5.32 Å². The molecule has 1 fully saturated rings. The lowest BCUT2D eigenvalue weighted by Crippen LogP contribution is -2.31. The summed E-state index contributed by atoms with van der Waals surface area (Å²) in [6.45, 7) is 1.78. The molecular formula is C11H11N3O4. The van der Waals surface area contributed by atoms with E-state index in [4.69, 9.17) is 0 Å². The molecule has 1 N–H and O–H groups in total. The number of nitrogens with one attached hydrogen (secondary N) is 1. The Morgan fingerprint density at radius 3 is 2.72 bits per heavy atom. The Bertz CT molecular complexity index is 529. The van der Waals surface area contributed by atoms with Gasteiger partial charge in [0.2, 0.25) is 0 Å². The van der Waals surface area contributed by atoms with Crippen LogP contribution in [0.2, 0.25) is 0 Å². The third-order valence-electron chi connectivity index (χ3n) is 2.73. The molecule has 0 spiro atoms. The van der Waals surface area contributed by atoms with Crippen LogP contribution < -0.4 is 10.2 Å². The molecular weight excluding hydrogens is 238 g/mol. The van der Waals surface area contributed by atoms with Crippen LogP contribution in [0, 0.1) is 10.1 Å². The molecule has 1 unspecified atom stereocenters.